The average Bonchev–Trinajstić information content (AvgIpc) is 2.92. The van der Waals surface area contributed by atoms with E-state index in [1.165, 1.54) is 11.8 Å². The fraction of sp³-hybridized carbons (Fsp3) is 0.727. The lowest BCUT2D eigenvalue weighted by molar-refractivity contribution is -0.133. The molecule has 1 N–H and O–H groups in total. The molecule has 1 aliphatic rings. The summed E-state index contributed by atoms with van der Waals surface area (Å²) >= 11 is 1.19. The van der Waals surface area contributed by atoms with Crippen molar-refractivity contribution < 1.29 is 14.6 Å². The van der Waals surface area contributed by atoms with Crippen LogP contribution in [-0.2, 0) is 21.7 Å². The third-order valence-corrected chi connectivity index (χ3v) is 4.00. The Hall–Kier alpha value is -1.08. The Balaban J connectivity index is 2.24. The summed E-state index contributed by atoms with van der Waals surface area (Å²) in [5.41, 5.74) is -0.384. The van der Waals surface area contributed by atoms with Crippen molar-refractivity contribution in [1.82, 2.24) is 14.8 Å². The summed E-state index contributed by atoms with van der Waals surface area (Å²) in [5, 5.41) is 17.6. The summed E-state index contributed by atoms with van der Waals surface area (Å²) in [7, 11) is 0. The highest BCUT2D eigenvalue weighted by Crippen LogP contribution is 2.35. The molecule has 6 nitrogen and oxygen atoms in total. The van der Waals surface area contributed by atoms with E-state index in [1.807, 2.05) is 18.4 Å². The van der Waals surface area contributed by atoms with Crippen LogP contribution in [0.4, 0.5) is 0 Å². The number of rotatable bonds is 5. The molecule has 1 saturated heterocycles. The van der Waals surface area contributed by atoms with Gasteiger partial charge in [0.15, 0.2) is 11.0 Å². The van der Waals surface area contributed by atoms with E-state index < -0.39 is 5.97 Å². The molecule has 0 amide bonds. The standard InChI is InChI=1S/C11H17N3O3S/c1-3-14-9(11(2)5-4-6-17-11)12-13-10(14)18-7-8(15)16/h3-7H2,1-2H3,(H,15,16). The quantitative estimate of drug-likeness (QED) is 0.818. The number of thioether (sulfide) groups is 1. The van der Waals surface area contributed by atoms with Crippen LogP contribution in [0, 0.1) is 0 Å². The second kappa shape index (κ2) is 5.27. The number of carboxylic acid groups (broad SMARTS) is 1. The van der Waals surface area contributed by atoms with Gasteiger partial charge in [-0.2, -0.15) is 0 Å². The van der Waals surface area contributed by atoms with E-state index >= 15 is 0 Å². The number of carboxylic acids is 1. The predicted octanol–water partition coefficient (Wildman–Crippen LogP) is 1.50. The highest BCUT2D eigenvalue weighted by Gasteiger charge is 2.37. The van der Waals surface area contributed by atoms with Gasteiger partial charge in [0.1, 0.15) is 5.60 Å². The minimum absolute atomic E-state index is 0.00426. The van der Waals surface area contributed by atoms with E-state index in [4.69, 9.17) is 9.84 Å². The lowest BCUT2D eigenvalue weighted by Gasteiger charge is -2.22. The summed E-state index contributed by atoms with van der Waals surface area (Å²) in [4.78, 5) is 10.6. The molecule has 2 rings (SSSR count). The molecule has 18 heavy (non-hydrogen) atoms. The highest BCUT2D eigenvalue weighted by molar-refractivity contribution is 7.99. The first kappa shape index (κ1) is 13.4. The zero-order chi connectivity index (χ0) is 13.2. The monoisotopic (exact) mass is 271 g/mol. The van der Waals surface area contributed by atoms with Crippen molar-refractivity contribution >= 4 is 17.7 Å². The van der Waals surface area contributed by atoms with Crippen LogP contribution in [0.2, 0.25) is 0 Å². The Labute approximate surface area is 110 Å². The number of aromatic nitrogens is 3. The number of hydrogen-bond donors (Lipinski definition) is 1. The number of ether oxygens (including phenoxy) is 1. The average molecular weight is 271 g/mol. The van der Waals surface area contributed by atoms with E-state index in [0.717, 1.165) is 25.3 Å². The minimum Gasteiger partial charge on any atom is -0.481 e. The van der Waals surface area contributed by atoms with E-state index in [0.29, 0.717) is 11.7 Å². The Bertz CT molecular complexity index is 441. The second-order valence-corrected chi connectivity index (χ2v) is 5.36. The molecule has 7 heteroatoms. The summed E-state index contributed by atoms with van der Waals surface area (Å²) < 4.78 is 7.70. The molecule has 0 aromatic carbocycles. The van der Waals surface area contributed by atoms with Crippen molar-refractivity contribution in [3.8, 4) is 0 Å². The number of carbonyl (C=O) groups is 1. The van der Waals surface area contributed by atoms with Crippen LogP contribution in [0.5, 0.6) is 0 Å². The van der Waals surface area contributed by atoms with Gasteiger partial charge in [-0.25, -0.2) is 0 Å². The Morgan fingerprint density at radius 2 is 2.39 bits per heavy atom. The molecule has 0 bridgehead atoms. The molecule has 1 unspecified atom stereocenters. The van der Waals surface area contributed by atoms with Gasteiger partial charge < -0.3 is 14.4 Å². The van der Waals surface area contributed by atoms with Crippen LogP contribution in [0.3, 0.4) is 0 Å². The largest absolute Gasteiger partial charge is 0.481 e. The fourth-order valence-corrected chi connectivity index (χ4v) is 2.88. The van der Waals surface area contributed by atoms with Gasteiger partial charge in [-0.05, 0) is 26.7 Å². The van der Waals surface area contributed by atoms with Crippen LogP contribution in [0.1, 0.15) is 32.5 Å². The van der Waals surface area contributed by atoms with Crippen LogP contribution in [0.25, 0.3) is 0 Å². The molecule has 100 valence electrons. The maximum absolute atomic E-state index is 10.6. The topological polar surface area (TPSA) is 77.2 Å². The van der Waals surface area contributed by atoms with E-state index in [-0.39, 0.29) is 11.4 Å². The maximum atomic E-state index is 10.6. The van der Waals surface area contributed by atoms with E-state index in [2.05, 4.69) is 10.2 Å². The number of aliphatic carboxylic acids is 1. The summed E-state index contributed by atoms with van der Waals surface area (Å²) in [6.07, 6.45) is 1.94. The zero-order valence-corrected chi connectivity index (χ0v) is 11.4. The van der Waals surface area contributed by atoms with Gasteiger partial charge in [-0.1, -0.05) is 11.8 Å². The third-order valence-electron chi connectivity index (χ3n) is 3.05. The summed E-state index contributed by atoms with van der Waals surface area (Å²) in [5.74, 6) is -0.0543. The molecule has 1 aromatic heterocycles. The predicted molar refractivity (Wildman–Crippen MR) is 66.6 cm³/mol. The Kier molecular flexibility index (Phi) is 3.91. The molecule has 0 saturated carbocycles. The van der Waals surface area contributed by atoms with E-state index in [9.17, 15) is 4.79 Å². The lowest BCUT2D eigenvalue weighted by Crippen LogP contribution is -2.25. The van der Waals surface area contributed by atoms with Crippen molar-refractivity contribution in [2.45, 2.75) is 44.0 Å². The minimum atomic E-state index is -0.851. The van der Waals surface area contributed by atoms with Gasteiger partial charge in [0.25, 0.3) is 0 Å². The molecule has 1 fully saturated rings. The van der Waals surface area contributed by atoms with Gasteiger partial charge in [0.05, 0.1) is 5.75 Å². The highest BCUT2D eigenvalue weighted by atomic mass is 32.2. The third kappa shape index (κ3) is 2.51. The number of hydrogen-bond acceptors (Lipinski definition) is 5. The fourth-order valence-electron chi connectivity index (χ4n) is 2.15. The SMILES string of the molecule is CCn1c(SCC(=O)O)nnc1C1(C)CCCO1. The zero-order valence-electron chi connectivity index (χ0n) is 10.5. The van der Waals surface area contributed by atoms with Crippen molar-refractivity contribution in [3.63, 3.8) is 0 Å². The molecule has 0 radical (unpaired) electrons. The summed E-state index contributed by atoms with van der Waals surface area (Å²) in [6, 6.07) is 0. The molecule has 1 aromatic rings. The van der Waals surface area contributed by atoms with Crippen molar-refractivity contribution in [2.75, 3.05) is 12.4 Å². The maximum Gasteiger partial charge on any atom is 0.313 e. The molecular formula is C11H17N3O3S. The van der Waals surface area contributed by atoms with Gasteiger partial charge in [-0.15, -0.1) is 10.2 Å². The first-order valence-corrected chi connectivity index (χ1v) is 6.97. The molecule has 0 aliphatic carbocycles. The summed E-state index contributed by atoms with van der Waals surface area (Å²) in [6.45, 7) is 5.46. The van der Waals surface area contributed by atoms with Crippen LogP contribution in [-0.4, -0.2) is 38.2 Å². The first-order valence-electron chi connectivity index (χ1n) is 5.99. The Morgan fingerprint density at radius 1 is 1.61 bits per heavy atom. The molecule has 2 heterocycles. The van der Waals surface area contributed by atoms with Crippen LogP contribution >= 0.6 is 11.8 Å². The van der Waals surface area contributed by atoms with Crippen molar-refractivity contribution in [1.29, 1.82) is 0 Å². The molecular weight excluding hydrogens is 254 g/mol. The van der Waals surface area contributed by atoms with Gasteiger partial charge in [-0.3, -0.25) is 4.79 Å². The lowest BCUT2D eigenvalue weighted by atomic mass is 10.0. The molecule has 0 spiro atoms. The second-order valence-electron chi connectivity index (χ2n) is 4.42. The van der Waals surface area contributed by atoms with Crippen molar-refractivity contribution in [2.24, 2.45) is 0 Å². The van der Waals surface area contributed by atoms with Crippen molar-refractivity contribution in [3.05, 3.63) is 5.82 Å². The smallest absolute Gasteiger partial charge is 0.313 e. The van der Waals surface area contributed by atoms with Crippen LogP contribution in [0.15, 0.2) is 5.16 Å². The van der Waals surface area contributed by atoms with Crippen LogP contribution < -0.4 is 0 Å². The molecule has 1 atom stereocenters. The number of nitrogens with zero attached hydrogens (tertiary/aromatic N) is 3. The molecule has 1 aliphatic heterocycles. The normalized spacial score (nSPS) is 23.4. The first-order chi connectivity index (χ1) is 8.57. The Morgan fingerprint density at radius 3 is 2.94 bits per heavy atom. The van der Waals surface area contributed by atoms with Gasteiger partial charge >= 0.3 is 5.97 Å². The van der Waals surface area contributed by atoms with Gasteiger partial charge in [0.2, 0.25) is 0 Å². The van der Waals surface area contributed by atoms with Gasteiger partial charge in [0, 0.05) is 13.2 Å². The van der Waals surface area contributed by atoms with E-state index in [1.54, 1.807) is 0 Å².